The number of alkyl halides is 1. The van der Waals surface area contributed by atoms with E-state index in [9.17, 15) is 4.21 Å². The van der Waals surface area contributed by atoms with Crippen LogP contribution >= 0.6 is 11.6 Å². The molecule has 0 bridgehead atoms. The average Bonchev–Trinajstić information content (AvgIpc) is 2.67. The lowest BCUT2D eigenvalue weighted by Gasteiger charge is -2.16. The van der Waals surface area contributed by atoms with Gasteiger partial charge in [-0.25, -0.2) is 9.97 Å². The summed E-state index contributed by atoms with van der Waals surface area (Å²) in [6.07, 6.45) is 3.44. The maximum absolute atomic E-state index is 11.4. The number of nitrogens with zero attached hydrogens (tertiary/aromatic N) is 3. The van der Waals surface area contributed by atoms with E-state index in [-0.39, 0.29) is 11.4 Å². The molecule has 0 radical (unpaired) electrons. The molecular weight excluding hydrogens is 270 g/mol. The molecule has 3 atom stereocenters. The number of hydrogen-bond donors (Lipinski definition) is 0. The maximum atomic E-state index is 11.4. The SMILES string of the molecule is CC(Cl)c1nc2cccnc2n1C(C)CS(C)=O. The third-order valence-electron chi connectivity index (χ3n) is 2.75. The van der Waals surface area contributed by atoms with Crippen LogP contribution in [0.15, 0.2) is 18.3 Å². The predicted molar refractivity (Wildman–Crippen MR) is 75.4 cm³/mol. The van der Waals surface area contributed by atoms with Crippen molar-refractivity contribution in [2.24, 2.45) is 0 Å². The zero-order valence-electron chi connectivity index (χ0n) is 10.6. The zero-order chi connectivity index (χ0) is 13.3. The van der Waals surface area contributed by atoms with Crippen molar-refractivity contribution in [2.75, 3.05) is 12.0 Å². The predicted octanol–water partition coefficient (Wildman–Crippen LogP) is 2.67. The quantitative estimate of drug-likeness (QED) is 0.812. The van der Waals surface area contributed by atoms with Crippen LogP contribution in [0.4, 0.5) is 0 Å². The lowest BCUT2D eigenvalue weighted by Crippen LogP contribution is -2.16. The van der Waals surface area contributed by atoms with Crippen LogP contribution in [0.3, 0.4) is 0 Å². The van der Waals surface area contributed by atoms with Gasteiger partial charge in [0.25, 0.3) is 0 Å². The monoisotopic (exact) mass is 285 g/mol. The fraction of sp³-hybridized carbons (Fsp3) is 0.500. The van der Waals surface area contributed by atoms with Gasteiger partial charge in [0.1, 0.15) is 11.3 Å². The van der Waals surface area contributed by atoms with E-state index < -0.39 is 10.8 Å². The minimum Gasteiger partial charge on any atom is -0.308 e. The number of halogens is 1. The Kier molecular flexibility index (Phi) is 4.02. The van der Waals surface area contributed by atoms with Gasteiger partial charge < -0.3 is 4.57 Å². The van der Waals surface area contributed by atoms with Crippen molar-refractivity contribution < 1.29 is 4.21 Å². The number of aromatic nitrogens is 3. The first-order valence-corrected chi connectivity index (χ1v) is 7.94. The molecule has 2 aromatic rings. The van der Waals surface area contributed by atoms with Crippen LogP contribution in [0.1, 0.15) is 31.1 Å². The van der Waals surface area contributed by atoms with Gasteiger partial charge in [0.15, 0.2) is 5.65 Å². The van der Waals surface area contributed by atoms with E-state index in [1.807, 2.05) is 30.5 Å². The van der Waals surface area contributed by atoms with Gasteiger partial charge in [0, 0.05) is 35.0 Å². The van der Waals surface area contributed by atoms with Gasteiger partial charge in [0.05, 0.1) is 5.38 Å². The number of fused-ring (bicyclic) bond motifs is 1. The second-order valence-electron chi connectivity index (χ2n) is 4.39. The van der Waals surface area contributed by atoms with E-state index in [4.69, 9.17) is 11.6 Å². The van der Waals surface area contributed by atoms with Crippen molar-refractivity contribution >= 4 is 33.6 Å². The first kappa shape index (κ1) is 13.5. The molecule has 3 unspecified atom stereocenters. The normalized spacial score (nSPS) is 16.7. The molecule has 98 valence electrons. The Hall–Kier alpha value is -0.940. The second-order valence-corrected chi connectivity index (χ2v) is 6.53. The summed E-state index contributed by atoms with van der Waals surface area (Å²) in [6, 6.07) is 3.83. The first-order chi connectivity index (χ1) is 8.50. The molecule has 0 saturated heterocycles. The Morgan fingerprint density at radius 2 is 2.22 bits per heavy atom. The van der Waals surface area contributed by atoms with Crippen molar-refractivity contribution in [1.82, 2.24) is 14.5 Å². The Morgan fingerprint density at radius 3 is 2.83 bits per heavy atom. The molecule has 0 N–H and O–H groups in total. The Bertz CT molecular complexity index is 582. The summed E-state index contributed by atoms with van der Waals surface area (Å²) in [7, 11) is -0.864. The molecule has 18 heavy (non-hydrogen) atoms. The smallest absolute Gasteiger partial charge is 0.160 e. The van der Waals surface area contributed by atoms with Gasteiger partial charge in [-0.05, 0) is 26.0 Å². The molecule has 0 aromatic carbocycles. The van der Waals surface area contributed by atoms with Gasteiger partial charge in [-0.15, -0.1) is 11.6 Å². The van der Waals surface area contributed by atoms with Crippen LogP contribution < -0.4 is 0 Å². The van der Waals surface area contributed by atoms with Crippen LogP contribution in [0.25, 0.3) is 11.2 Å². The van der Waals surface area contributed by atoms with Gasteiger partial charge in [-0.2, -0.15) is 0 Å². The van der Waals surface area contributed by atoms with Crippen LogP contribution in [0.2, 0.25) is 0 Å². The Morgan fingerprint density at radius 1 is 1.50 bits per heavy atom. The summed E-state index contributed by atoms with van der Waals surface area (Å²) < 4.78 is 13.4. The molecular formula is C12H16ClN3OS. The molecule has 2 heterocycles. The highest BCUT2D eigenvalue weighted by Gasteiger charge is 2.20. The van der Waals surface area contributed by atoms with Gasteiger partial charge >= 0.3 is 0 Å². The molecule has 0 aliphatic rings. The Labute approximate surface area is 114 Å². The minimum absolute atomic E-state index is 0.0620. The molecule has 2 rings (SSSR count). The lowest BCUT2D eigenvalue weighted by molar-refractivity contribution is 0.579. The summed E-state index contributed by atoms with van der Waals surface area (Å²) in [5.74, 6) is 1.35. The van der Waals surface area contributed by atoms with Gasteiger partial charge in [-0.3, -0.25) is 4.21 Å². The van der Waals surface area contributed by atoms with E-state index in [0.717, 1.165) is 17.0 Å². The molecule has 2 aromatic heterocycles. The van der Waals surface area contributed by atoms with Gasteiger partial charge in [-0.1, -0.05) is 0 Å². The third-order valence-corrected chi connectivity index (χ3v) is 3.90. The van der Waals surface area contributed by atoms with Crippen molar-refractivity contribution in [3.8, 4) is 0 Å². The zero-order valence-corrected chi connectivity index (χ0v) is 12.2. The largest absolute Gasteiger partial charge is 0.308 e. The average molecular weight is 286 g/mol. The summed E-state index contributed by atoms with van der Waals surface area (Å²) in [5.41, 5.74) is 1.63. The van der Waals surface area contributed by atoms with E-state index in [2.05, 4.69) is 9.97 Å². The van der Waals surface area contributed by atoms with Gasteiger partial charge in [0.2, 0.25) is 0 Å². The highest BCUT2D eigenvalue weighted by Crippen LogP contribution is 2.27. The topological polar surface area (TPSA) is 47.8 Å². The summed E-state index contributed by atoms with van der Waals surface area (Å²) >= 11 is 6.17. The van der Waals surface area contributed by atoms with Crippen molar-refractivity contribution in [3.05, 3.63) is 24.2 Å². The van der Waals surface area contributed by atoms with Crippen LogP contribution in [-0.4, -0.2) is 30.8 Å². The standard InChI is InChI=1S/C12H16ClN3OS/c1-8(7-18(3)17)16-11(9(2)13)15-10-5-4-6-14-12(10)16/h4-6,8-9H,7H2,1-3H3. The number of pyridine rings is 1. The van der Waals surface area contributed by atoms with Crippen molar-refractivity contribution in [2.45, 2.75) is 25.3 Å². The van der Waals surface area contributed by atoms with Crippen LogP contribution in [0.5, 0.6) is 0 Å². The fourth-order valence-corrected chi connectivity index (χ4v) is 3.06. The first-order valence-electron chi connectivity index (χ1n) is 5.77. The molecule has 0 aliphatic heterocycles. The van der Waals surface area contributed by atoms with Crippen molar-refractivity contribution in [1.29, 1.82) is 0 Å². The molecule has 0 fully saturated rings. The summed E-state index contributed by atoms with van der Waals surface area (Å²) in [4.78, 5) is 8.87. The molecule has 0 amide bonds. The Balaban J connectivity index is 2.58. The highest BCUT2D eigenvalue weighted by molar-refractivity contribution is 7.84. The van der Waals surface area contributed by atoms with Crippen LogP contribution in [0, 0.1) is 0 Å². The van der Waals surface area contributed by atoms with Crippen molar-refractivity contribution in [3.63, 3.8) is 0 Å². The lowest BCUT2D eigenvalue weighted by atomic mass is 10.3. The number of imidazole rings is 1. The summed E-state index contributed by atoms with van der Waals surface area (Å²) in [6.45, 7) is 3.90. The van der Waals surface area contributed by atoms with E-state index in [0.29, 0.717) is 5.75 Å². The third kappa shape index (κ3) is 2.57. The second kappa shape index (κ2) is 5.36. The molecule has 0 aliphatic carbocycles. The highest BCUT2D eigenvalue weighted by atomic mass is 35.5. The fourth-order valence-electron chi connectivity index (χ4n) is 2.08. The van der Waals surface area contributed by atoms with E-state index in [1.165, 1.54) is 0 Å². The molecule has 0 saturated carbocycles. The van der Waals surface area contributed by atoms with Crippen LogP contribution in [-0.2, 0) is 10.8 Å². The minimum atomic E-state index is -0.864. The number of hydrogen-bond acceptors (Lipinski definition) is 3. The van der Waals surface area contributed by atoms with E-state index in [1.54, 1.807) is 12.5 Å². The maximum Gasteiger partial charge on any atom is 0.160 e. The summed E-state index contributed by atoms with van der Waals surface area (Å²) in [5, 5.41) is -0.202. The molecule has 0 spiro atoms. The van der Waals surface area contributed by atoms with E-state index >= 15 is 0 Å². The molecule has 6 heteroatoms. The number of rotatable bonds is 4. The molecule has 4 nitrogen and oxygen atoms in total.